The summed E-state index contributed by atoms with van der Waals surface area (Å²) in [4.78, 5) is 3.24. The van der Waals surface area contributed by atoms with Crippen molar-refractivity contribution in [2.45, 2.75) is 6.92 Å². The van der Waals surface area contributed by atoms with Crippen LogP contribution >= 0.6 is 0 Å². The Morgan fingerprint density at radius 3 is 3.00 bits per heavy atom. The van der Waals surface area contributed by atoms with E-state index in [4.69, 9.17) is 0 Å². The summed E-state index contributed by atoms with van der Waals surface area (Å²) >= 11 is 0. The molecule has 0 atom stereocenters. The molecule has 0 unspecified atom stereocenters. The zero-order valence-corrected chi connectivity index (χ0v) is 9.23. The molecule has 0 aliphatic rings. The van der Waals surface area contributed by atoms with Gasteiger partial charge in [-0.25, -0.2) is 0 Å². The molecule has 1 heterocycles. The number of aromatic amines is 1. The number of benzene rings is 1. The first-order chi connectivity index (χ1) is 4.86. The molecular weight excluding hydrogens is 211 g/mol. The molecule has 0 saturated carbocycles. The van der Waals surface area contributed by atoms with Gasteiger partial charge in [-0.05, 0) is 12.6 Å². The molecule has 2 rings (SSSR count). The summed E-state index contributed by atoms with van der Waals surface area (Å²) < 4.78 is 0. The Hall–Kier alpha value is -0.136. The third-order valence-corrected chi connectivity index (χ3v) is 1.60. The summed E-state index contributed by atoms with van der Waals surface area (Å²) in [6, 6.07) is 11.1. The molecule has 0 saturated heterocycles. The standard InChI is InChI=1S/C9H8N.Y/c1-7-6-8-4-2-3-5-9(8)10-7;/h3-6,10H,1H3;/q-1;. The van der Waals surface area contributed by atoms with E-state index in [2.05, 4.69) is 24.0 Å². The third-order valence-electron chi connectivity index (χ3n) is 1.60. The van der Waals surface area contributed by atoms with Crippen LogP contribution in [0.5, 0.6) is 0 Å². The van der Waals surface area contributed by atoms with Gasteiger partial charge in [0.1, 0.15) is 0 Å². The van der Waals surface area contributed by atoms with Crippen LogP contribution in [-0.4, -0.2) is 4.98 Å². The molecule has 2 heteroatoms. The molecule has 0 aliphatic carbocycles. The van der Waals surface area contributed by atoms with Crippen LogP contribution in [0.2, 0.25) is 0 Å². The van der Waals surface area contributed by atoms with Crippen molar-refractivity contribution in [1.29, 1.82) is 0 Å². The molecule has 0 aliphatic heterocycles. The average molecular weight is 219 g/mol. The zero-order valence-electron chi connectivity index (χ0n) is 6.39. The van der Waals surface area contributed by atoms with Crippen molar-refractivity contribution < 1.29 is 32.7 Å². The third kappa shape index (κ3) is 1.71. The number of aryl methyl sites for hydroxylation is 1. The second-order valence-corrected chi connectivity index (χ2v) is 2.47. The smallest absolute Gasteiger partial charge is 0 e. The Balaban J connectivity index is 0.000000605. The maximum atomic E-state index is 3.24. The molecule has 1 aromatic heterocycles. The first-order valence-corrected chi connectivity index (χ1v) is 3.32. The van der Waals surface area contributed by atoms with E-state index in [1.807, 2.05) is 18.2 Å². The topological polar surface area (TPSA) is 15.8 Å². The fourth-order valence-electron chi connectivity index (χ4n) is 1.16. The van der Waals surface area contributed by atoms with E-state index in [-0.39, 0.29) is 32.7 Å². The van der Waals surface area contributed by atoms with Gasteiger partial charge in [0.15, 0.2) is 0 Å². The predicted molar refractivity (Wildman–Crippen MR) is 41.9 cm³/mol. The average Bonchev–Trinajstić information content (AvgIpc) is 2.27. The predicted octanol–water partition coefficient (Wildman–Crippen LogP) is 2.27. The molecule has 0 bridgehead atoms. The van der Waals surface area contributed by atoms with Crippen LogP contribution in [0.15, 0.2) is 24.3 Å². The fraction of sp³-hybridized carbons (Fsp3) is 0.111. The number of H-pyrrole nitrogens is 1. The number of hydrogen-bond acceptors (Lipinski definition) is 0. The van der Waals surface area contributed by atoms with Crippen molar-refractivity contribution in [1.82, 2.24) is 4.98 Å². The summed E-state index contributed by atoms with van der Waals surface area (Å²) in [6.45, 7) is 2.06. The van der Waals surface area contributed by atoms with Crippen molar-refractivity contribution in [3.8, 4) is 0 Å². The van der Waals surface area contributed by atoms with Gasteiger partial charge in [0.25, 0.3) is 0 Å². The number of nitrogens with one attached hydrogen (secondary N) is 1. The summed E-state index contributed by atoms with van der Waals surface area (Å²) in [7, 11) is 0. The van der Waals surface area contributed by atoms with E-state index < -0.39 is 0 Å². The van der Waals surface area contributed by atoms with Crippen LogP contribution in [0.3, 0.4) is 0 Å². The van der Waals surface area contributed by atoms with Gasteiger partial charge in [0, 0.05) is 32.7 Å². The van der Waals surface area contributed by atoms with Gasteiger partial charge in [-0.15, -0.1) is 11.5 Å². The second-order valence-electron chi connectivity index (χ2n) is 2.47. The molecule has 0 amide bonds. The molecule has 1 N–H and O–H groups in total. The SMILES string of the molecule is Cc1cc2c[c-]ccc2[nH]1.[Y]. The van der Waals surface area contributed by atoms with E-state index in [1.54, 1.807) is 0 Å². The largest absolute Gasteiger partial charge is 0.382 e. The Morgan fingerprint density at radius 2 is 2.27 bits per heavy atom. The summed E-state index contributed by atoms with van der Waals surface area (Å²) in [5, 5.41) is 1.24. The van der Waals surface area contributed by atoms with Crippen molar-refractivity contribution >= 4 is 10.9 Å². The van der Waals surface area contributed by atoms with Crippen molar-refractivity contribution in [3.05, 3.63) is 36.0 Å². The van der Waals surface area contributed by atoms with Gasteiger partial charge in [-0.3, -0.25) is 0 Å². The Bertz CT molecular complexity index is 318. The van der Waals surface area contributed by atoms with Crippen LogP contribution in [0.1, 0.15) is 5.69 Å². The van der Waals surface area contributed by atoms with E-state index in [0.29, 0.717) is 0 Å². The minimum atomic E-state index is 0. The Morgan fingerprint density at radius 1 is 1.45 bits per heavy atom. The minimum Gasteiger partial charge on any atom is -0.382 e. The van der Waals surface area contributed by atoms with Gasteiger partial charge >= 0.3 is 0 Å². The quantitative estimate of drug-likeness (QED) is 0.654. The minimum absolute atomic E-state index is 0. The number of hydrogen-bond donors (Lipinski definition) is 1. The molecule has 0 fully saturated rings. The first kappa shape index (κ1) is 8.96. The number of rotatable bonds is 0. The maximum Gasteiger partial charge on any atom is 0 e. The second kappa shape index (κ2) is 3.51. The summed E-state index contributed by atoms with van der Waals surface area (Å²) in [5.41, 5.74) is 2.39. The molecule has 0 spiro atoms. The van der Waals surface area contributed by atoms with E-state index in [0.717, 1.165) is 0 Å². The van der Waals surface area contributed by atoms with Crippen LogP contribution in [0.25, 0.3) is 10.9 Å². The van der Waals surface area contributed by atoms with Crippen molar-refractivity contribution in [3.63, 3.8) is 0 Å². The van der Waals surface area contributed by atoms with Gasteiger partial charge in [0.05, 0.1) is 0 Å². The number of aromatic nitrogens is 1. The zero-order chi connectivity index (χ0) is 6.97. The summed E-state index contributed by atoms with van der Waals surface area (Å²) in [5.74, 6) is 0. The first-order valence-electron chi connectivity index (χ1n) is 3.32. The maximum absolute atomic E-state index is 3.24. The Labute approximate surface area is 91.1 Å². The molecule has 1 radical (unpaired) electrons. The van der Waals surface area contributed by atoms with Crippen molar-refractivity contribution in [2.75, 3.05) is 0 Å². The molecule has 1 aromatic carbocycles. The van der Waals surface area contributed by atoms with Crippen LogP contribution in [0, 0.1) is 13.0 Å². The normalized spacial score (nSPS) is 9.55. The van der Waals surface area contributed by atoms with E-state index >= 15 is 0 Å². The number of fused-ring (bicyclic) bond motifs is 1. The molecule has 1 nitrogen and oxygen atoms in total. The van der Waals surface area contributed by atoms with E-state index in [9.17, 15) is 0 Å². The summed E-state index contributed by atoms with van der Waals surface area (Å²) in [6.07, 6.45) is 0. The van der Waals surface area contributed by atoms with Crippen LogP contribution in [-0.2, 0) is 32.7 Å². The molecule has 53 valence electrons. The Kier molecular flexibility index (Phi) is 2.86. The van der Waals surface area contributed by atoms with Crippen LogP contribution < -0.4 is 0 Å². The van der Waals surface area contributed by atoms with Gasteiger partial charge in [-0.2, -0.15) is 18.2 Å². The molecule has 2 aromatic rings. The molecule has 11 heavy (non-hydrogen) atoms. The van der Waals surface area contributed by atoms with Crippen LogP contribution in [0.4, 0.5) is 0 Å². The van der Waals surface area contributed by atoms with E-state index in [1.165, 1.54) is 16.6 Å². The monoisotopic (exact) mass is 219 g/mol. The van der Waals surface area contributed by atoms with Gasteiger partial charge in [0.2, 0.25) is 0 Å². The van der Waals surface area contributed by atoms with Gasteiger partial charge in [-0.1, -0.05) is 11.6 Å². The van der Waals surface area contributed by atoms with Crippen molar-refractivity contribution in [2.24, 2.45) is 0 Å². The molecular formula is C9H8NY-. The van der Waals surface area contributed by atoms with Gasteiger partial charge < -0.3 is 4.98 Å². The fourth-order valence-corrected chi connectivity index (χ4v) is 1.16.